The quantitative estimate of drug-likeness (QED) is 0.401. The van der Waals surface area contributed by atoms with E-state index >= 15 is 0 Å². The maximum atomic E-state index is 13.5. The zero-order valence-electron chi connectivity index (χ0n) is 22.2. The molecule has 5 rings (SSSR count). The zero-order valence-corrected chi connectivity index (χ0v) is 23.8. The molecule has 2 aliphatic rings. The second-order valence-corrected chi connectivity index (χ2v) is 13.2. The first-order valence-corrected chi connectivity index (χ1v) is 15.3. The molecule has 3 heterocycles. The summed E-state index contributed by atoms with van der Waals surface area (Å²) in [6.45, 7) is 6.65. The topological polar surface area (TPSA) is 126 Å². The lowest BCUT2D eigenvalue weighted by Crippen LogP contribution is -2.44. The Balaban J connectivity index is 1.46. The number of anilines is 2. The van der Waals surface area contributed by atoms with E-state index in [1.54, 1.807) is 36.7 Å². The van der Waals surface area contributed by atoms with Crippen LogP contribution in [0, 0.1) is 12.8 Å². The van der Waals surface area contributed by atoms with E-state index in [2.05, 4.69) is 20.5 Å². The van der Waals surface area contributed by atoms with Gasteiger partial charge in [-0.1, -0.05) is 6.92 Å². The van der Waals surface area contributed by atoms with Gasteiger partial charge in [0.25, 0.3) is 6.43 Å². The molecule has 2 fully saturated rings. The Morgan fingerprint density at radius 1 is 1.23 bits per heavy atom. The van der Waals surface area contributed by atoms with Gasteiger partial charge in [0.15, 0.2) is 15.7 Å². The van der Waals surface area contributed by atoms with Gasteiger partial charge in [0.05, 0.1) is 47.9 Å². The molecule has 1 aliphatic carbocycles. The standard InChI is InChI=1S/C26H30F2N6O4S2/c1-14-12-38-9-8-34(14)21-10-19(22-15(2)23(22)40(36,37)25-16(3)30-13-39-25)32-24(33-21)17-4-6-18(7-5-17)31-26(35)29-11-20(27)28/h4-7,10,13-15,20,22-23H,8-9,11-12H2,1-3H3,(H2,29,31,35)/t14-,15?,22?,23?/m0/s1. The first-order valence-electron chi connectivity index (χ1n) is 12.9. The van der Waals surface area contributed by atoms with Crippen LogP contribution in [-0.4, -0.2) is 73.4 Å². The van der Waals surface area contributed by atoms with Gasteiger partial charge in [-0.15, -0.1) is 11.3 Å². The summed E-state index contributed by atoms with van der Waals surface area (Å²) >= 11 is 1.13. The number of urea groups is 1. The van der Waals surface area contributed by atoms with E-state index in [1.807, 2.05) is 19.9 Å². The number of morpholine rings is 1. The highest BCUT2D eigenvalue weighted by atomic mass is 32.2. The first kappa shape index (κ1) is 28.3. The van der Waals surface area contributed by atoms with E-state index in [4.69, 9.17) is 14.7 Å². The minimum absolute atomic E-state index is 0.0682. The number of alkyl halides is 2. The Labute approximate surface area is 235 Å². The molecule has 4 atom stereocenters. The fraction of sp³-hybridized carbons (Fsp3) is 0.462. The molecule has 1 saturated carbocycles. The minimum atomic E-state index is -3.58. The molecule has 1 aliphatic heterocycles. The number of thiazole rings is 1. The zero-order chi connectivity index (χ0) is 28.6. The van der Waals surface area contributed by atoms with Crippen LogP contribution in [0.3, 0.4) is 0 Å². The largest absolute Gasteiger partial charge is 0.377 e. The van der Waals surface area contributed by atoms with Crippen molar-refractivity contribution in [2.45, 2.75) is 48.6 Å². The summed E-state index contributed by atoms with van der Waals surface area (Å²) in [5.41, 5.74) is 3.77. The summed E-state index contributed by atoms with van der Waals surface area (Å²) in [5, 5.41) is 4.00. The van der Waals surface area contributed by atoms with Gasteiger partial charge in [-0.05, 0) is 44.0 Å². The van der Waals surface area contributed by atoms with Crippen molar-refractivity contribution in [3.8, 4) is 11.4 Å². The molecule has 214 valence electrons. The van der Waals surface area contributed by atoms with Crippen LogP contribution >= 0.6 is 11.3 Å². The molecular weight excluding hydrogens is 562 g/mol. The Bertz CT molecular complexity index is 1480. The smallest absolute Gasteiger partial charge is 0.319 e. The molecule has 0 bridgehead atoms. The molecule has 10 nitrogen and oxygen atoms in total. The highest BCUT2D eigenvalue weighted by molar-refractivity contribution is 7.94. The summed E-state index contributed by atoms with van der Waals surface area (Å²) in [6, 6.07) is 7.91. The van der Waals surface area contributed by atoms with Crippen molar-refractivity contribution in [1.29, 1.82) is 0 Å². The Morgan fingerprint density at radius 3 is 2.62 bits per heavy atom. The fourth-order valence-electron chi connectivity index (χ4n) is 5.04. The van der Waals surface area contributed by atoms with Gasteiger partial charge in [-0.25, -0.2) is 36.9 Å². The molecule has 3 unspecified atom stereocenters. The van der Waals surface area contributed by atoms with Crippen molar-refractivity contribution in [3.05, 3.63) is 47.2 Å². The first-order chi connectivity index (χ1) is 19.1. The number of hydrogen-bond donors (Lipinski definition) is 2. The average molecular weight is 593 g/mol. The number of nitrogens with zero attached hydrogens (tertiary/aromatic N) is 4. The average Bonchev–Trinajstić information content (AvgIpc) is 3.42. The summed E-state index contributed by atoms with van der Waals surface area (Å²) in [5.74, 6) is 0.670. The third kappa shape index (κ3) is 5.79. The lowest BCUT2D eigenvalue weighted by Gasteiger charge is -2.34. The lowest BCUT2D eigenvalue weighted by atomic mass is 10.1. The van der Waals surface area contributed by atoms with Crippen LogP contribution in [0.4, 0.5) is 25.1 Å². The summed E-state index contributed by atoms with van der Waals surface area (Å²) in [4.78, 5) is 27.7. The Hall–Kier alpha value is -3.23. The SMILES string of the molecule is Cc1ncsc1S(=O)(=O)C1C(C)C1c1cc(N2CCOC[C@@H]2C)nc(-c2ccc(NC(=O)NCC(F)F)cc2)n1. The minimum Gasteiger partial charge on any atom is -0.377 e. The predicted octanol–water partition coefficient (Wildman–Crippen LogP) is 4.10. The summed E-state index contributed by atoms with van der Waals surface area (Å²) in [6.07, 6.45) is -2.64. The van der Waals surface area contributed by atoms with Crippen LogP contribution in [0.5, 0.6) is 0 Å². The molecule has 40 heavy (non-hydrogen) atoms. The number of aromatic nitrogens is 3. The molecule has 14 heteroatoms. The molecule has 1 saturated heterocycles. The van der Waals surface area contributed by atoms with E-state index in [1.165, 1.54) is 0 Å². The van der Waals surface area contributed by atoms with E-state index in [9.17, 15) is 22.0 Å². The number of amides is 2. The molecule has 2 aromatic heterocycles. The van der Waals surface area contributed by atoms with Gasteiger partial charge in [0, 0.05) is 29.8 Å². The number of nitrogens with one attached hydrogen (secondary N) is 2. The highest BCUT2D eigenvalue weighted by Crippen LogP contribution is 2.54. The number of aryl methyl sites for hydroxylation is 1. The van der Waals surface area contributed by atoms with E-state index in [-0.39, 0.29) is 17.9 Å². The molecule has 2 amide bonds. The summed E-state index contributed by atoms with van der Waals surface area (Å²) in [7, 11) is -3.58. The molecule has 0 spiro atoms. The van der Waals surface area contributed by atoms with E-state index < -0.39 is 34.1 Å². The van der Waals surface area contributed by atoms with Gasteiger partial charge in [0.2, 0.25) is 0 Å². The van der Waals surface area contributed by atoms with Crippen molar-refractivity contribution in [3.63, 3.8) is 0 Å². The van der Waals surface area contributed by atoms with Crippen molar-refractivity contribution in [2.24, 2.45) is 5.92 Å². The number of halogens is 2. The van der Waals surface area contributed by atoms with Gasteiger partial charge in [0.1, 0.15) is 10.0 Å². The molecule has 3 aromatic rings. The molecule has 2 N–H and O–H groups in total. The number of ether oxygens (including phenoxy) is 1. The Kier molecular flexibility index (Phi) is 8.02. The van der Waals surface area contributed by atoms with Crippen molar-refractivity contribution < 1.29 is 26.7 Å². The van der Waals surface area contributed by atoms with Crippen molar-refractivity contribution in [2.75, 3.05) is 36.5 Å². The van der Waals surface area contributed by atoms with Crippen molar-refractivity contribution >= 4 is 38.7 Å². The van der Waals surface area contributed by atoms with Gasteiger partial charge in [-0.2, -0.15) is 0 Å². The number of rotatable bonds is 8. The number of benzene rings is 1. The van der Waals surface area contributed by atoms with Gasteiger partial charge >= 0.3 is 6.03 Å². The van der Waals surface area contributed by atoms with Crippen LogP contribution in [0.15, 0.2) is 40.1 Å². The van der Waals surface area contributed by atoms with Crippen LogP contribution in [-0.2, 0) is 14.6 Å². The fourth-order valence-corrected chi connectivity index (χ4v) is 8.70. The van der Waals surface area contributed by atoms with Crippen LogP contribution in [0.25, 0.3) is 11.4 Å². The van der Waals surface area contributed by atoms with Crippen LogP contribution < -0.4 is 15.5 Å². The second kappa shape index (κ2) is 11.3. The van der Waals surface area contributed by atoms with Crippen LogP contribution in [0.2, 0.25) is 0 Å². The molecule has 0 radical (unpaired) electrons. The van der Waals surface area contributed by atoms with Crippen LogP contribution in [0.1, 0.15) is 31.2 Å². The van der Waals surface area contributed by atoms with Gasteiger partial charge < -0.3 is 20.3 Å². The third-order valence-electron chi connectivity index (χ3n) is 7.17. The molecular formula is C26H30F2N6O4S2. The Morgan fingerprint density at radius 2 is 1.98 bits per heavy atom. The normalized spacial score (nSPS) is 22.8. The maximum absolute atomic E-state index is 13.5. The number of hydrogen-bond acceptors (Lipinski definition) is 9. The number of carbonyl (C=O) groups is 1. The van der Waals surface area contributed by atoms with E-state index in [0.717, 1.165) is 11.3 Å². The number of carbonyl (C=O) groups excluding carboxylic acids is 1. The predicted molar refractivity (Wildman–Crippen MR) is 148 cm³/mol. The summed E-state index contributed by atoms with van der Waals surface area (Å²) < 4.78 is 57.6. The van der Waals surface area contributed by atoms with Crippen molar-refractivity contribution in [1.82, 2.24) is 20.3 Å². The monoisotopic (exact) mass is 592 g/mol. The second-order valence-electron chi connectivity index (χ2n) is 10.0. The van der Waals surface area contributed by atoms with E-state index in [0.29, 0.717) is 58.2 Å². The number of sulfone groups is 1. The third-order valence-corrected chi connectivity index (χ3v) is 11.1. The lowest BCUT2D eigenvalue weighted by molar-refractivity contribution is 0.0985. The maximum Gasteiger partial charge on any atom is 0.319 e. The highest BCUT2D eigenvalue weighted by Gasteiger charge is 2.58. The van der Waals surface area contributed by atoms with Gasteiger partial charge in [-0.3, -0.25) is 0 Å². The molecule has 1 aromatic carbocycles.